The van der Waals surface area contributed by atoms with Crippen LogP contribution in [0.15, 0.2) is 53.3 Å². The van der Waals surface area contributed by atoms with Crippen LogP contribution < -0.4 is 5.73 Å². The first-order valence-electron chi connectivity index (χ1n) is 6.46. The van der Waals surface area contributed by atoms with Crippen LogP contribution in [-0.2, 0) is 6.42 Å². The molecule has 0 spiro atoms. The van der Waals surface area contributed by atoms with Crippen molar-refractivity contribution in [1.82, 2.24) is 4.98 Å². The van der Waals surface area contributed by atoms with E-state index in [2.05, 4.69) is 24.0 Å². The van der Waals surface area contributed by atoms with E-state index in [0.717, 1.165) is 34.2 Å². The summed E-state index contributed by atoms with van der Waals surface area (Å²) in [5.41, 5.74) is 9.52. The average molecular weight is 252 g/mol. The molecule has 0 aliphatic rings. The largest absolute Gasteiger partial charge is 0.469 e. The second-order valence-electron chi connectivity index (χ2n) is 4.55. The second kappa shape index (κ2) is 4.86. The SMILES string of the molecule is CCc1occc1C(N)c1cccc2ncccc12. The number of furan rings is 1. The quantitative estimate of drug-likeness (QED) is 0.776. The number of aryl methyl sites for hydroxylation is 1. The van der Waals surface area contributed by atoms with Crippen molar-refractivity contribution < 1.29 is 4.42 Å². The normalized spacial score (nSPS) is 12.7. The van der Waals surface area contributed by atoms with Crippen molar-refractivity contribution in [2.45, 2.75) is 19.4 Å². The van der Waals surface area contributed by atoms with E-state index in [1.54, 1.807) is 12.5 Å². The van der Waals surface area contributed by atoms with Gasteiger partial charge in [0.2, 0.25) is 0 Å². The van der Waals surface area contributed by atoms with E-state index in [1.165, 1.54) is 0 Å². The van der Waals surface area contributed by atoms with Gasteiger partial charge in [0, 0.05) is 23.6 Å². The van der Waals surface area contributed by atoms with Gasteiger partial charge in [-0.05, 0) is 23.8 Å². The van der Waals surface area contributed by atoms with Gasteiger partial charge in [0.05, 0.1) is 17.8 Å². The molecule has 1 aromatic carbocycles. The van der Waals surface area contributed by atoms with Crippen LogP contribution in [0.25, 0.3) is 10.9 Å². The summed E-state index contributed by atoms with van der Waals surface area (Å²) in [7, 11) is 0. The number of rotatable bonds is 3. The average Bonchev–Trinajstić information content (AvgIpc) is 2.94. The van der Waals surface area contributed by atoms with E-state index in [0.29, 0.717) is 0 Å². The molecule has 0 saturated carbocycles. The number of nitrogens with zero attached hydrogens (tertiary/aromatic N) is 1. The van der Waals surface area contributed by atoms with E-state index in [1.807, 2.05) is 24.3 Å². The maximum atomic E-state index is 6.42. The number of nitrogens with two attached hydrogens (primary N) is 1. The van der Waals surface area contributed by atoms with Gasteiger partial charge in [-0.25, -0.2) is 0 Å². The lowest BCUT2D eigenvalue weighted by atomic mass is 9.95. The Morgan fingerprint density at radius 3 is 2.89 bits per heavy atom. The van der Waals surface area contributed by atoms with Crippen LogP contribution in [0.5, 0.6) is 0 Å². The predicted molar refractivity (Wildman–Crippen MR) is 75.9 cm³/mol. The summed E-state index contributed by atoms with van der Waals surface area (Å²) < 4.78 is 5.47. The Morgan fingerprint density at radius 1 is 1.16 bits per heavy atom. The molecule has 2 heterocycles. The Labute approximate surface area is 112 Å². The summed E-state index contributed by atoms with van der Waals surface area (Å²) in [5.74, 6) is 0.952. The maximum absolute atomic E-state index is 6.42. The highest BCUT2D eigenvalue weighted by Crippen LogP contribution is 2.29. The number of hydrogen-bond donors (Lipinski definition) is 1. The Morgan fingerprint density at radius 2 is 2.05 bits per heavy atom. The van der Waals surface area contributed by atoms with E-state index in [4.69, 9.17) is 10.2 Å². The smallest absolute Gasteiger partial charge is 0.108 e. The molecule has 2 aromatic heterocycles. The third kappa shape index (κ3) is 2.02. The standard InChI is InChI=1S/C16H16N2O/c1-2-15-13(8-10-19-15)16(17)12-5-3-7-14-11(12)6-4-9-18-14/h3-10,16H,2,17H2,1H3. The zero-order chi connectivity index (χ0) is 13.2. The topological polar surface area (TPSA) is 52.0 Å². The van der Waals surface area contributed by atoms with Crippen LogP contribution in [0.2, 0.25) is 0 Å². The van der Waals surface area contributed by atoms with Crippen molar-refractivity contribution in [1.29, 1.82) is 0 Å². The lowest BCUT2D eigenvalue weighted by Crippen LogP contribution is -2.13. The maximum Gasteiger partial charge on any atom is 0.108 e. The molecule has 0 fully saturated rings. The molecule has 19 heavy (non-hydrogen) atoms. The monoisotopic (exact) mass is 252 g/mol. The van der Waals surface area contributed by atoms with Crippen molar-refractivity contribution in [2.75, 3.05) is 0 Å². The lowest BCUT2D eigenvalue weighted by molar-refractivity contribution is 0.509. The molecule has 1 unspecified atom stereocenters. The van der Waals surface area contributed by atoms with Crippen LogP contribution in [0, 0.1) is 0 Å². The minimum atomic E-state index is -0.179. The summed E-state index contributed by atoms with van der Waals surface area (Å²) in [6.45, 7) is 2.07. The Hall–Kier alpha value is -2.13. The highest BCUT2D eigenvalue weighted by atomic mass is 16.3. The number of pyridine rings is 1. The molecule has 3 heteroatoms. The van der Waals surface area contributed by atoms with E-state index in [9.17, 15) is 0 Å². The van der Waals surface area contributed by atoms with E-state index in [-0.39, 0.29) is 6.04 Å². The van der Waals surface area contributed by atoms with Gasteiger partial charge in [-0.15, -0.1) is 0 Å². The van der Waals surface area contributed by atoms with Crippen LogP contribution >= 0.6 is 0 Å². The van der Waals surface area contributed by atoms with Gasteiger partial charge in [-0.2, -0.15) is 0 Å². The molecule has 0 radical (unpaired) electrons. The van der Waals surface area contributed by atoms with Crippen LogP contribution in [-0.4, -0.2) is 4.98 Å². The van der Waals surface area contributed by atoms with Crippen molar-refractivity contribution in [2.24, 2.45) is 5.73 Å². The number of benzene rings is 1. The minimum absolute atomic E-state index is 0.179. The molecule has 0 aliphatic heterocycles. The predicted octanol–water partition coefficient (Wildman–Crippen LogP) is 3.44. The summed E-state index contributed by atoms with van der Waals surface area (Å²) in [6.07, 6.45) is 4.35. The molecule has 3 nitrogen and oxygen atoms in total. The van der Waals surface area contributed by atoms with Crippen molar-refractivity contribution >= 4 is 10.9 Å². The number of aromatic nitrogens is 1. The van der Waals surface area contributed by atoms with E-state index < -0.39 is 0 Å². The summed E-state index contributed by atoms with van der Waals surface area (Å²) >= 11 is 0. The molecule has 2 N–H and O–H groups in total. The summed E-state index contributed by atoms with van der Waals surface area (Å²) in [6, 6.07) is 11.8. The minimum Gasteiger partial charge on any atom is -0.469 e. The third-order valence-electron chi connectivity index (χ3n) is 3.45. The van der Waals surface area contributed by atoms with Crippen molar-refractivity contribution in [3.63, 3.8) is 0 Å². The van der Waals surface area contributed by atoms with Gasteiger partial charge < -0.3 is 10.2 Å². The van der Waals surface area contributed by atoms with Crippen LogP contribution in [0.4, 0.5) is 0 Å². The molecule has 3 aromatic rings. The first-order valence-corrected chi connectivity index (χ1v) is 6.46. The highest BCUT2D eigenvalue weighted by Gasteiger charge is 2.17. The first kappa shape index (κ1) is 11.9. The van der Waals surface area contributed by atoms with Gasteiger partial charge in [0.1, 0.15) is 5.76 Å². The molecule has 0 aliphatic carbocycles. The Kier molecular flexibility index (Phi) is 3.05. The summed E-state index contributed by atoms with van der Waals surface area (Å²) in [5, 5.41) is 1.10. The molecule has 3 rings (SSSR count). The van der Waals surface area contributed by atoms with Crippen LogP contribution in [0.3, 0.4) is 0 Å². The molecule has 0 amide bonds. The van der Waals surface area contributed by atoms with Gasteiger partial charge in [0.15, 0.2) is 0 Å². The fraction of sp³-hybridized carbons (Fsp3) is 0.188. The van der Waals surface area contributed by atoms with Crippen molar-refractivity contribution in [3.8, 4) is 0 Å². The lowest BCUT2D eigenvalue weighted by Gasteiger charge is -2.14. The van der Waals surface area contributed by atoms with Crippen molar-refractivity contribution in [3.05, 3.63) is 65.7 Å². The fourth-order valence-corrected chi connectivity index (χ4v) is 2.48. The number of hydrogen-bond acceptors (Lipinski definition) is 3. The van der Waals surface area contributed by atoms with Gasteiger partial charge in [-0.1, -0.05) is 25.1 Å². The molecule has 0 saturated heterocycles. The molecule has 1 atom stereocenters. The number of fused-ring (bicyclic) bond motifs is 1. The molecule has 0 bridgehead atoms. The molecular formula is C16H16N2O. The molecular weight excluding hydrogens is 236 g/mol. The molecule has 96 valence electrons. The zero-order valence-corrected chi connectivity index (χ0v) is 10.8. The second-order valence-corrected chi connectivity index (χ2v) is 4.55. The van der Waals surface area contributed by atoms with E-state index >= 15 is 0 Å². The van der Waals surface area contributed by atoms with Crippen LogP contribution in [0.1, 0.15) is 29.9 Å². The van der Waals surface area contributed by atoms with Gasteiger partial charge in [-0.3, -0.25) is 4.98 Å². The highest BCUT2D eigenvalue weighted by molar-refractivity contribution is 5.82. The Bertz CT molecular complexity index is 697. The first-order chi connectivity index (χ1) is 9.31. The third-order valence-corrected chi connectivity index (χ3v) is 3.45. The fourth-order valence-electron chi connectivity index (χ4n) is 2.48. The Balaban J connectivity index is 2.14. The summed E-state index contributed by atoms with van der Waals surface area (Å²) in [4.78, 5) is 4.37. The zero-order valence-electron chi connectivity index (χ0n) is 10.8. The van der Waals surface area contributed by atoms with Gasteiger partial charge >= 0.3 is 0 Å². The van der Waals surface area contributed by atoms with Gasteiger partial charge in [0.25, 0.3) is 0 Å².